The molecular formula is C11H19F3N2O5. The number of hydrogen-bond acceptors (Lipinski definition) is 4. The van der Waals surface area contributed by atoms with Crippen LogP contribution in [-0.2, 0) is 14.4 Å². The van der Waals surface area contributed by atoms with Gasteiger partial charge in [0.25, 0.3) is 0 Å². The van der Waals surface area contributed by atoms with Gasteiger partial charge in [-0.15, -0.1) is 0 Å². The van der Waals surface area contributed by atoms with Crippen LogP contribution in [0.3, 0.4) is 0 Å². The maximum atomic E-state index is 11.1. The molecule has 1 amide bonds. The Morgan fingerprint density at radius 2 is 1.52 bits per heavy atom. The molecule has 0 aromatic heterocycles. The van der Waals surface area contributed by atoms with E-state index in [1.54, 1.807) is 0 Å². The number of nitrogens with two attached hydrogens (primary N) is 1. The quantitative estimate of drug-likeness (QED) is 0.587. The van der Waals surface area contributed by atoms with Crippen LogP contribution >= 0.6 is 0 Å². The van der Waals surface area contributed by atoms with Crippen molar-refractivity contribution >= 4 is 17.8 Å². The molecular weight excluding hydrogens is 297 g/mol. The zero-order valence-electron chi connectivity index (χ0n) is 11.8. The van der Waals surface area contributed by atoms with Crippen molar-refractivity contribution in [3.63, 3.8) is 0 Å². The van der Waals surface area contributed by atoms with E-state index in [1.807, 2.05) is 13.8 Å². The number of aliphatic carboxylic acids is 2. The van der Waals surface area contributed by atoms with Gasteiger partial charge in [-0.25, -0.2) is 9.59 Å². The number of carbonyl (C=O) groups is 3. The summed E-state index contributed by atoms with van der Waals surface area (Å²) in [6, 6.07) is -1.52. The summed E-state index contributed by atoms with van der Waals surface area (Å²) >= 11 is 0. The van der Waals surface area contributed by atoms with Gasteiger partial charge in [-0.2, -0.15) is 13.2 Å². The number of amides is 1. The summed E-state index contributed by atoms with van der Waals surface area (Å²) in [5.74, 6) is -4.00. The lowest BCUT2D eigenvalue weighted by atomic mass is 10.0. The van der Waals surface area contributed by atoms with Gasteiger partial charge in [0, 0.05) is 0 Å². The van der Waals surface area contributed by atoms with Crippen LogP contribution in [-0.4, -0.2) is 46.3 Å². The summed E-state index contributed by atoms with van der Waals surface area (Å²) in [5, 5.41) is 18.3. The molecule has 0 aliphatic carbocycles. The molecule has 0 bridgehead atoms. The molecule has 5 N–H and O–H groups in total. The second-order valence-electron chi connectivity index (χ2n) is 4.62. The van der Waals surface area contributed by atoms with Crippen molar-refractivity contribution in [2.75, 3.05) is 0 Å². The van der Waals surface area contributed by atoms with Crippen LogP contribution in [0.1, 0.15) is 27.2 Å². The third kappa shape index (κ3) is 11.7. The summed E-state index contributed by atoms with van der Waals surface area (Å²) in [6.45, 7) is 5.31. The SMILES string of the molecule is CC(C)C[C@H](NC(=O)[C@@H](C)N)C(=O)O.O=C(O)C(F)(F)F. The molecule has 0 heterocycles. The Kier molecular flexibility index (Phi) is 9.36. The molecule has 0 aliphatic rings. The molecule has 10 heteroatoms. The number of nitrogens with one attached hydrogen (secondary N) is 1. The number of hydrogen-bond donors (Lipinski definition) is 4. The van der Waals surface area contributed by atoms with E-state index in [9.17, 15) is 22.8 Å². The number of rotatable bonds is 5. The average Bonchev–Trinajstić information content (AvgIpc) is 2.26. The van der Waals surface area contributed by atoms with Crippen molar-refractivity contribution in [1.29, 1.82) is 0 Å². The van der Waals surface area contributed by atoms with E-state index in [4.69, 9.17) is 20.7 Å². The second kappa shape index (κ2) is 9.16. The van der Waals surface area contributed by atoms with Crippen LogP contribution in [0.5, 0.6) is 0 Å². The molecule has 7 nitrogen and oxygen atoms in total. The zero-order valence-corrected chi connectivity index (χ0v) is 11.8. The molecule has 2 atom stereocenters. The lowest BCUT2D eigenvalue weighted by molar-refractivity contribution is -0.192. The fourth-order valence-electron chi connectivity index (χ4n) is 0.996. The first-order chi connectivity index (χ1) is 9.28. The minimum atomic E-state index is -5.08. The summed E-state index contributed by atoms with van der Waals surface area (Å²) < 4.78 is 31.7. The van der Waals surface area contributed by atoms with Crippen molar-refractivity contribution in [2.45, 2.75) is 45.5 Å². The molecule has 0 saturated carbocycles. The summed E-state index contributed by atoms with van der Waals surface area (Å²) in [7, 11) is 0. The molecule has 124 valence electrons. The Labute approximate surface area is 119 Å². The lowest BCUT2D eigenvalue weighted by Gasteiger charge is -2.17. The van der Waals surface area contributed by atoms with Gasteiger partial charge >= 0.3 is 18.1 Å². The van der Waals surface area contributed by atoms with Crippen LogP contribution in [0.25, 0.3) is 0 Å². The topological polar surface area (TPSA) is 130 Å². The van der Waals surface area contributed by atoms with Gasteiger partial charge in [0.05, 0.1) is 6.04 Å². The third-order valence-corrected chi connectivity index (χ3v) is 1.98. The molecule has 0 spiro atoms. The highest BCUT2D eigenvalue weighted by atomic mass is 19.4. The first kappa shape index (κ1) is 21.5. The van der Waals surface area contributed by atoms with E-state index in [0.717, 1.165) is 0 Å². The Morgan fingerprint density at radius 1 is 1.14 bits per heavy atom. The minimum absolute atomic E-state index is 0.212. The number of alkyl halides is 3. The third-order valence-electron chi connectivity index (χ3n) is 1.98. The minimum Gasteiger partial charge on any atom is -0.480 e. The fourth-order valence-corrected chi connectivity index (χ4v) is 0.996. The van der Waals surface area contributed by atoms with Crippen LogP contribution < -0.4 is 11.1 Å². The normalized spacial score (nSPS) is 13.7. The number of carboxylic acid groups (broad SMARTS) is 2. The summed E-state index contributed by atoms with van der Waals surface area (Å²) in [6.07, 6.45) is -4.67. The molecule has 0 rings (SSSR count). The van der Waals surface area contributed by atoms with Crippen molar-refractivity contribution in [1.82, 2.24) is 5.32 Å². The van der Waals surface area contributed by atoms with Crippen molar-refractivity contribution in [3.8, 4) is 0 Å². The van der Waals surface area contributed by atoms with Crippen molar-refractivity contribution < 1.29 is 37.8 Å². The summed E-state index contributed by atoms with van der Waals surface area (Å²) in [5.41, 5.74) is 5.31. The van der Waals surface area contributed by atoms with E-state index in [2.05, 4.69) is 5.32 Å². The maximum Gasteiger partial charge on any atom is 0.490 e. The monoisotopic (exact) mass is 316 g/mol. The van der Waals surface area contributed by atoms with E-state index < -0.39 is 36.1 Å². The van der Waals surface area contributed by atoms with Gasteiger partial charge in [-0.1, -0.05) is 13.8 Å². The first-order valence-electron chi connectivity index (χ1n) is 5.87. The zero-order chi connectivity index (χ0) is 17.4. The molecule has 0 aliphatic heterocycles. The highest BCUT2D eigenvalue weighted by molar-refractivity contribution is 5.86. The van der Waals surface area contributed by atoms with Gasteiger partial charge < -0.3 is 21.3 Å². The predicted octanol–water partition coefficient (Wildman–Crippen LogP) is 0.582. The largest absolute Gasteiger partial charge is 0.490 e. The fraction of sp³-hybridized carbons (Fsp3) is 0.727. The van der Waals surface area contributed by atoms with E-state index in [-0.39, 0.29) is 5.92 Å². The number of halogens is 3. The van der Waals surface area contributed by atoms with Gasteiger partial charge in [-0.05, 0) is 19.3 Å². The second-order valence-corrected chi connectivity index (χ2v) is 4.62. The van der Waals surface area contributed by atoms with E-state index in [1.165, 1.54) is 6.92 Å². The van der Waals surface area contributed by atoms with Crippen LogP contribution in [0.4, 0.5) is 13.2 Å². The smallest absolute Gasteiger partial charge is 0.480 e. The number of carboxylic acids is 2. The molecule has 0 unspecified atom stereocenters. The molecule has 0 fully saturated rings. The number of carbonyl (C=O) groups excluding carboxylic acids is 1. The highest BCUT2D eigenvalue weighted by Crippen LogP contribution is 2.13. The first-order valence-corrected chi connectivity index (χ1v) is 5.87. The van der Waals surface area contributed by atoms with Crippen LogP contribution in [0, 0.1) is 5.92 Å². The Bertz CT molecular complexity index is 369. The molecule has 0 aromatic rings. The average molecular weight is 316 g/mol. The van der Waals surface area contributed by atoms with Gasteiger partial charge in [0.1, 0.15) is 6.04 Å². The molecule has 0 aromatic carbocycles. The summed E-state index contributed by atoms with van der Waals surface area (Å²) in [4.78, 5) is 30.8. The van der Waals surface area contributed by atoms with E-state index in [0.29, 0.717) is 6.42 Å². The Hall–Kier alpha value is -1.84. The Morgan fingerprint density at radius 3 is 1.71 bits per heavy atom. The van der Waals surface area contributed by atoms with Crippen molar-refractivity contribution in [2.24, 2.45) is 11.7 Å². The predicted molar refractivity (Wildman–Crippen MR) is 66.4 cm³/mol. The Balaban J connectivity index is 0. The maximum absolute atomic E-state index is 11.1. The molecule has 21 heavy (non-hydrogen) atoms. The van der Waals surface area contributed by atoms with Gasteiger partial charge in [-0.3, -0.25) is 4.79 Å². The van der Waals surface area contributed by atoms with Crippen LogP contribution in [0.15, 0.2) is 0 Å². The molecule has 0 saturated heterocycles. The highest BCUT2D eigenvalue weighted by Gasteiger charge is 2.38. The molecule has 0 radical (unpaired) electrons. The lowest BCUT2D eigenvalue weighted by Crippen LogP contribution is -2.47. The van der Waals surface area contributed by atoms with Gasteiger partial charge in [0.2, 0.25) is 5.91 Å². The standard InChI is InChI=1S/C9H18N2O3.C2HF3O2/c1-5(2)4-7(9(13)14)11-8(12)6(3)10;3-2(4,5)1(6)7/h5-7H,4,10H2,1-3H3,(H,11,12)(H,13,14);(H,6,7)/t6-,7+;/m1./s1. The van der Waals surface area contributed by atoms with Gasteiger partial charge in [0.15, 0.2) is 0 Å². The van der Waals surface area contributed by atoms with E-state index >= 15 is 0 Å². The van der Waals surface area contributed by atoms with Crippen molar-refractivity contribution in [3.05, 3.63) is 0 Å². The van der Waals surface area contributed by atoms with Crippen LogP contribution in [0.2, 0.25) is 0 Å².